The van der Waals surface area contributed by atoms with E-state index in [2.05, 4.69) is 11.1 Å². The van der Waals surface area contributed by atoms with Gasteiger partial charge in [0.05, 0.1) is 15.2 Å². The molecule has 6 nitrogen and oxygen atoms in total. The number of hydrogen-bond donors (Lipinski definition) is 0. The summed E-state index contributed by atoms with van der Waals surface area (Å²) in [6, 6.07) is 8.31. The molecule has 0 spiro atoms. The Hall–Kier alpha value is -2.15. The van der Waals surface area contributed by atoms with Crippen LogP contribution >= 0.6 is 11.3 Å². The number of amides is 3. The first-order valence-electron chi connectivity index (χ1n) is 10.4. The lowest BCUT2D eigenvalue weighted by Crippen LogP contribution is -2.54. The Balaban J connectivity index is 1.20. The largest absolute Gasteiger partial charge is 0.339 e. The van der Waals surface area contributed by atoms with Crippen molar-refractivity contribution in [1.82, 2.24) is 19.7 Å². The summed E-state index contributed by atoms with van der Waals surface area (Å²) in [5.74, 6) is 0.200. The molecule has 0 radical (unpaired) electrons. The molecule has 3 heterocycles. The van der Waals surface area contributed by atoms with E-state index in [1.807, 2.05) is 32.9 Å². The molecule has 2 saturated heterocycles. The van der Waals surface area contributed by atoms with Gasteiger partial charge in [-0.25, -0.2) is 9.78 Å². The summed E-state index contributed by atoms with van der Waals surface area (Å²) < 4.78 is 1.21. The molecule has 2 aromatic rings. The maximum Gasteiger partial charge on any atom is 0.320 e. The number of benzene rings is 1. The van der Waals surface area contributed by atoms with Crippen LogP contribution in [0.5, 0.6) is 0 Å². The standard InChI is InChI=1S/C21H28N4O2S/c26-20(10-6-9-19-22-17-7-2-3-8-18(17)28-19)23-13-15-25(16-14-23)21(27)24-11-4-1-5-12-24/h2-3,7-8H,1,4-6,9-16H2. The van der Waals surface area contributed by atoms with Gasteiger partial charge in [-0.05, 0) is 44.2 Å². The van der Waals surface area contributed by atoms with Crippen LogP contribution in [0.4, 0.5) is 4.79 Å². The molecule has 3 amide bonds. The first-order chi connectivity index (χ1) is 13.7. The van der Waals surface area contributed by atoms with Gasteiger partial charge < -0.3 is 14.7 Å². The first kappa shape index (κ1) is 19.2. The second-order valence-corrected chi connectivity index (χ2v) is 8.74. The normalized spacial score (nSPS) is 17.9. The molecular weight excluding hydrogens is 372 g/mol. The molecule has 1 aromatic carbocycles. The Morgan fingerprint density at radius 3 is 2.32 bits per heavy atom. The summed E-state index contributed by atoms with van der Waals surface area (Å²) >= 11 is 1.72. The number of urea groups is 1. The van der Waals surface area contributed by atoms with Gasteiger partial charge in [0.15, 0.2) is 0 Å². The van der Waals surface area contributed by atoms with Crippen LogP contribution in [0.1, 0.15) is 37.1 Å². The quantitative estimate of drug-likeness (QED) is 0.791. The van der Waals surface area contributed by atoms with Crippen LogP contribution in [0, 0.1) is 0 Å². The molecule has 1 aromatic heterocycles. The van der Waals surface area contributed by atoms with E-state index in [9.17, 15) is 9.59 Å². The van der Waals surface area contributed by atoms with E-state index in [0.717, 1.165) is 49.3 Å². The van der Waals surface area contributed by atoms with Gasteiger partial charge >= 0.3 is 6.03 Å². The summed E-state index contributed by atoms with van der Waals surface area (Å²) in [6.07, 6.45) is 5.67. The zero-order chi connectivity index (χ0) is 19.3. The van der Waals surface area contributed by atoms with Gasteiger partial charge in [0, 0.05) is 45.7 Å². The molecule has 7 heteroatoms. The lowest BCUT2D eigenvalue weighted by molar-refractivity contribution is -0.132. The molecule has 0 saturated carbocycles. The van der Waals surface area contributed by atoms with E-state index in [1.54, 1.807) is 11.3 Å². The van der Waals surface area contributed by atoms with E-state index >= 15 is 0 Å². The van der Waals surface area contributed by atoms with Crippen LogP contribution in [0.3, 0.4) is 0 Å². The third-order valence-corrected chi connectivity index (χ3v) is 6.75. The number of carbonyl (C=O) groups is 2. The molecule has 150 valence electrons. The number of carbonyl (C=O) groups excluding carboxylic acids is 2. The Bertz CT molecular complexity index is 790. The number of piperidine rings is 1. The highest BCUT2D eigenvalue weighted by atomic mass is 32.1. The van der Waals surface area contributed by atoms with Gasteiger partial charge in [-0.2, -0.15) is 0 Å². The molecule has 0 atom stereocenters. The maximum atomic E-state index is 12.6. The summed E-state index contributed by atoms with van der Waals surface area (Å²) in [5.41, 5.74) is 1.04. The molecular formula is C21H28N4O2S. The minimum absolute atomic E-state index is 0.155. The molecule has 0 N–H and O–H groups in total. The zero-order valence-electron chi connectivity index (χ0n) is 16.3. The average molecular weight is 401 g/mol. The number of aromatic nitrogens is 1. The van der Waals surface area contributed by atoms with Crippen LogP contribution < -0.4 is 0 Å². The molecule has 4 rings (SSSR count). The van der Waals surface area contributed by atoms with Crippen molar-refractivity contribution < 1.29 is 9.59 Å². The first-order valence-corrected chi connectivity index (χ1v) is 11.2. The molecule has 0 aliphatic carbocycles. The minimum Gasteiger partial charge on any atom is -0.339 e. The van der Waals surface area contributed by atoms with Crippen LogP contribution in [0.2, 0.25) is 0 Å². The summed E-state index contributed by atoms with van der Waals surface area (Å²) in [4.78, 5) is 35.5. The van der Waals surface area contributed by atoms with Gasteiger partial charge in [0.1, 0.15) is 0 Å². The highest BCUT2D eigenvalue weighted by molar-refractivity contribution is 7.18. The van der Waals surface area contributed by atoms with Gasteiger partial charge in [-0.15, -0.1) is 11.3 Å². The number of aryl methyl sites for hydroxylation is 1. The Morgan fingerprint density at radius 1 is 0.893 bits per heavy atom. The van der Waals surface area contributed by atoms with E-state index in [4.69, 9.17) is 0 Å². The van der Waals surface area contributed by atoms with Crippen LogP contribution in [0.25, 0.3) is 10.2 Å². The summed E-state index contributed by atoms with van der Waals surface area (Å²) in [7, 11) is 0. The number of thiazole rings is 1. The van der Waals surface area contributed by atoms with Gasteiger partial charge in [0.25, 0.3) is 0 Å². The predicted molar refractivity (Wildman–Crippen MR) is 112 cm³/mol. The van der Waals surface area contributed by atoms with E-state index in [0.29, 0.717) is 32.6 Å². The maximum absolute atomic E-state index is 12.6. The Kier molecular flexibility index (Phi) is 6.10. The third-order valence-electron chi connectivity index (χ3n) is 5.65. The Morgan fingerprint density at radius 2 is 1.57 bits per heavy atom. The second-order valence-electron chi connectivity index (χ2n) is 7.63. The van der Waals surface area contributed by atoms with Crippen molar-refractivity contribution in [3.05, 3.63) is 29.3 Å². The predicted octanol–water partition coefficient (Wildman–Crippen LogP) is 3.37. The molecule has 28 heavy (non-hydrogen) atoms. The molecule has 2 aliphatic rings. The molecule has 2 fully saturated rings. The van der Waals surface area contributed by atoms with Crippen molar-refractivity contribution in [2.75, 3.05) is 39.3 Å². The highest BCUT2D eigenvalue weighted by Crippen LogP contribution is 2.23. The van der Waals surface area contributed by atoms with Crippen molar-refractivity contribution in [1.29, 1.82) is 0 Å². The number of hydrogen-bond acceptors (Lipinski definition) is 4. The van der Waals surface area contributed by atoms with Crippen LogP contribution in [0.15, 0.2) is 24.3 Å². The number of piperazine rings is 1. The minimum atomic E-state index is 0.155. The van der Waals surface area contributed by atoms with Crippen molar-refractivity contribution in [3.63, 3.8) is 0 Å². The number of rotatable bonds is 4. The van der Waals surface area contributed by atoms with E-state index < -0.39 is 0 Å². The monoisotopic (exact) mass is 400 g/mol. The molecule has 0 unspecified atom stereocenters. The second kappa shape index (κ2) is 8.90. The third kappa shape index (κ3) is 4.46. The van der Waals surface area contributed by atoms with Crippen molar-refractivity contribution in [3.8, 4) is 0 Å². The fourth-order valence-corrected chi connectivity index (χ4v) is 5.02. The number of para-hydroxylation sites is 1. The van der Waals surface area contributed by atoms with E-state index in [1.165, 1.54) is 11.1 Å². The lowest BCUT2D eigenvalue weighted by Gasteiger charge is -2.38. The topological polar surface area (TPSA) is 56.8 Å². The van der Waals surface area contributed by atoms with Gasteiger partial charge in [0.2, 0.25) is 5.91 Å². The van der Waals surface area contributed by atoms with Crippen LogP contribution in [-0.4, -0.2) is 70.9 Å². The number of fused-ring (bicyclic) bond motifs is 1. The van der Waals surface area contributed by atoms with Crippen LogP contribution in [-0.2, 0) is 11.2 Å². The number of likely N-dealkylation sites (tertiary alicyclic amines) is 1. The van der Waals surface area contributed by atoms with Gasteiger partial charge in [-0.3, -0.25) is 4.79 Å². The Labute approximate surface area is 170 Å². The zero-order valence-corrected chi connectivity index (χ0v) is 17.1. The highest BCUT2D eigenvalue weighted by Gasteiger charge is 2.27. The number of nitrogens with zero attached hydrogens (tertiary/aromatic N) is 4. The van der Waals surface area contributed by atoms with E-state index in [-0.39, 0.29) is 11.9 Å². The van der Waals surface area contributed by atoms with Crippen molar-refractivity contribution in [2.45, 2.75) is 38.5 Å². The smallest absolute Gasteiger partial charge is 0.320 e. The van der Waals surface area contributed by atoms with Gasteiger partial charge in [-0.1, -0.05) is 12.1 Å². The molecule has 2 aliphatic heterocycles. The molecule has 0 bridgehead atoms. The SMILES string of the molecule is O=C(CCCc1nc2ccccc2s1)N1CCN(C(=O)N2CCCCC2)CC1. The average Bonchev–Trinajstić information content (AvgIpc) is 3.16. The van der Waals surface area contributed by atoms with Crippen molar-refractivity contribution in [2.24, 2.45) is 0 Å². The fourth-order valence-electron chi connectivity index (χ4n) is 4.01. The lowest BCUT2D eigenvalue weighted by atomic mass is 10.1. The summed E-state index contributed by atoms with van der Waals surface area (Å²) in [6.45, 7) is 4.37. The van der Waals surface area contributed by atoms with Crippen molar-refractivity contribution >= 4 is 33.5 Å². The fraction of sp³-hybridized carbons (Fsp3) is 0.571. The summed E-state index contributed by atoms with van der Waals surface area (Å²) in [5, 5.41) is 1.10.